The molecule has 0 saturated carbocycles. The van der Waals surface area contributed by atoms with Gasteiger partial charge in [0.1, 0.15) is 5.54 Å². The van der Waals surface area contributed by atoms with Crippen molar-refractivity contribution in [2.24, 2.45) is 5.92 Å². The van der Waals surface area contributed by atoms with Gasteiger partial charge in [-0.15, -0.1) is 0 Å². The predicted octanol–water partition coefficient (Wildman–Crippen LogP) is 4.07. The van der Waals surface area contributed by atoms with Gasteiger partial charge in [0.05, 0.1) is 0 Å². The normalized spacial score (nSPS) is 30.8. The maximum atomic E-state index is 13.6. The first-order chi connectivity index (χ1) is 9.42. The summed E-state index contributed by atoms with van der Waals surface area (Å²) >= 11 is 0. The molecule has 0 aromatic heterocycles. The van der Waals surface area contributed by atoms with Crippen LogP contribution < -0.4 is 0 Å². The van der Waals surface area contributed by atoms with Gasteiger partial charge in [-0.1, -0.05) is 25.5 Å². The molecule has 20 heavy (non-hydrogen) atoms. The van der Waals surface area contributed by atoms with E-state index in [-0.39, 0.29) is 31.2 Å². The molecular weight excluding hydrogens is 267 g/mol. The molecular formula is C15H22F3NO. The highest BCUT2D eigenvalue weighted by Gasteiger charge is 2.61. The number of likely N-dealkylation sites (tertiary alicyclic amines) is 1. The van der Waals surface area contributed by atoms with Crippen molar-refractivity contribution in [3.63, 3.8) is 0 Å². The Kier molecular flexibility index (Phi) is 4.45. The number of rotatable bonds is 3. The Morgan fingerprint density at radius 1 is 1.40 bits per heavy atom. The highest BCUT2D eigenvalue weighted by molar-refractivity contribution is 5.80. The molecule has 1 saturated heterocycles. The van der Waals surface area contributed by atoms with Gasteiger partial charge in [-0.05, 0) is 38.5 Å². The summed E-state index contributed by atoms with van der Waals surface area (Å²) in [6, 6.07) is 0. The second kappa shape index (κ2) is 5.78. The van der Waals surface area contributed by atoms with Gasteiger partial charge in [-0.25, -0.2) is 0 Å². The van der Waals surface area contributed by atoms with Crippen LogP contribution >= 0.6 is 0 Å². The zero-order valence-corrected chi connectivity index (χ0v) is 11.9. The number of nitrogens with zero attached hydrogens (tertiary/aromatic N) is 1. The van der Waals surface area contributed by atoms with E-state index < -0.39 is 11.7 Å². The van der Waals surface area contributed by atoms with E-state index in [1.807, 2.05) is 12.2 Å². The topological polar surface area (TPSA) is 20.3 Å². The minimum absolute atomic E-state index is 0.0187. The molecule has 1 amide bonds. The molecule has 2 aliphatic rings. The standard InChI is InChI=1S/C15H22F3NO/c1-2-9-14(15(16,17)18)10-6-11-19(14)13(20)12-7-4-3-5-8-12/h3-4,12H,2,5-11H2,1H3/t12-,14+/m1/s1. The highest BCUT2D eigenvalue weighted by Crippen LogP contribution is 2.47. The third-order valence-corrected chi connectivity index (χ3v) is 4.56. The van der Waals surface area contributed by atoms with E-state index in [0.29, 0.717) is 25.7 Å². The minimum Gasteiger partial charge on any atom is -0.328 e. The molecule has 0 unspecified atom stereocenters. The monoisotopic (exact) mass is 289 g/mol. The summed E-state index contributed by atoms with van der Waals surface area (Å²) in [5.41, 5.74) is -1.92. The summed E-state index contributed by atoms with van der Waals surface area (Å²) < 4.78 is 40.7. The lowest BCUT2D eigenvalue weighted by atomic mass is 9.87. The first kappa shape index (κ1) is 15.4. The van der Waals surface area contributed by atoms with Crippen molar-refractivity contribution in [1.82, 2.24) is 4.90 Å². The van der Waals surface area contributed by atoms with Crippen LogP contribution in [-0.2, 0) is 4.79 Å². The average Bonchev–Trinajstić information content (AvgIpc) is 2.84. The number of hydrogen-bond donors (Lipinski definition) is 0. The van der Waals surface area contributed by atoms with Crippen molar-refractivity contribution in [3.8, 4) is 0 Å². The van der Waals surface area contributed by atoms with Gasteiger partial charge >= 0.3 is 6.18 Å². The fourth-order valence-electron chi connectivity index (χ4n) is 3.55. The van der Waals surface area contributed by atoms with Crippen LogP contribution in [0.2, 0.25) is 0 Å². The maximum absolute atomic E-state index is 13.6. The molecule has 0 aromatic carbocycles. The van der Waals surface area contributed by atoms with Gasteiger partial charge in [0.2, 0.25) is 5.91 Å². The first-order valence-corrected chi connectivity index (χ1v) is 7.45. The number of amides is 1. The summed E-state index contributed by atoms with van der Waals surface area (Å²) in [5, 5.41) is 0. The van der Waals surface area contributed by atoms with Gasteiger partial charge < -0.3 is 4.90 Å². The van der Waals surface area contributed by atoms with Crippen LogP contribution in [-0.4, -0.2) is 29.1 Å². The van der Waals surface area contributed by atoms with E-state index in [2.05, 4.69) is 0 Å². The third-order valence-electron chi connectivity index (χ3n) is 4.56. The van der Waals surface area contributed by atoms with Crippen LogP contribution in [0, 0.1) is 5.92 Å². The minimum atomic E-state index is -4.33. The Morgan fingerprint density at radius 3 is 2.70 bits per heavy atom. The molecule has 0 N–H and O–H groups in total. The lowest BCUT2D eigenvalue weighted by molar-refractivity contribution is -0.227. The van der Waals surface area contributed by atoms with Crippen molar-refractivity contribution >= 4 is 5.91 Å². The molecule has 1 fully saturated rings. The van der Waals surface area contributed by atoms with Crippen LogP contribution in [0.3, 0.4) is 0 Å². The molecule has 2 nitrogen and oxygen atoms in total. The Hall–Kier alpha value is -1.00. The van der Waals surface area contributed by atoms with Gasteiger partial charge in [0.25, 0.3) is 0 Å². The number of alkyl halides is 3. The highest BCUT2D eigenvalue weighted by atomic mass is 19.4. The van der Waals surface area contributed by atoms with E-state index in [0.717, 1.165) is 11.3 Å². The number of halogens is 3. The Morgan fingerprint density at radius 2 is 2.15 bits per heavy atom. The lowest BCUT2D eigenvalue weighted by Crippen LogP contribution is -2.58. The smallest absolute Gasteiger partial charge is 0.328 e. The van der Waals surface area contributed by atoms with Crippen LogP contribution in [0.5, 0.6) is 0 Å². The summed E-state index contributed by atoms with van der Waals surface area (Å²) in [4.78, 5) is 13.7. The number of hydrogen-bond acceptors (Lipinski definition) is 1. The number of carbonyl (C=O) groups is 1. The van der Waals surface area contributed by atoms with E-state index in [4.69, 9.17) is 0 Å². The van der Waals surface area contributed by atoms with Crippen molar-refractivity contribution in [3.05, 3.63) is 12.2 Å². The molecule has 1 heterocycles. The van der Waals surface area contributed by atoms with Gasteiger partial charge in [0.15, 0.2) is 0 Å². The second-order valence-electron chi connectivity index (χ2n) is 5.85. The molecule has 5 heteroatoms. The molecule has 2 rings (SSSR count). The van der Waals surface area contributed by atoms with E-state index >= 15 is 0 Å². The fraction of sp³-hybridized carbons (Fsp3) is 0.800. The van der Waals surface area contributed by atoms with Crippen LogP contribution in [0.1, 0.15) is 51.9 Å². The summed E-state index contributed by atoms with van der Waals surface area (Å²) in [5.74, 6) is -0.561. The summed E-state index contributed by atoms with van der Waals surface area (Å²) in [7, 11) is 0. The van der Waals surface area contributed by atoms with Gasteiger partial charge in [-0.3, -0.25) is 4.79 Å². The number of allylic oxidation sites excluding steroid dienone is 2. The number of carbonyl (C=O) groups excluding carboxylic acids is 1. The molecule has 1 aliphatic carbocycles. The third kappa shape index (κ3) is 2.59. The Labute approximate surface area is 118 Å². The lowest BCUT2D eigenvalue weighted by Gasteiger charge is -2.41. The quantitative estimate of drug-likeness (QED) is 0.717. The largest absolute Gasteiger partial charge is 0.411 e. The van der Waals surface area contributed by atoms with E-state index in [1.165, 1.54) is 0 Å². The molecule has 2 atom stereocenters. The van der Waals surface area contributed by atoms with E-state index in [9.17, 15) is 18.0 Å². The van der Waals surface area contributed by atoms with Crippen molar-refractivity contribution < 1.29 is 18.0 Å². The Balaban J connectivity index is 2.23. The molecule has 0 radical (unpaired) electrons. The first-order valence-electron chi connectivity index (χ1n) is 7.45. The zero-order valence-electron chi connectivity index (χ0n) is 11.9. The van der Waals surface area contributed by atoms with Crippen molar-refractivity contribution in [1.29, 1.82) is 0 Å². The molecule has 0 spiro atoms. The average molecular weight is 289 g/mol. The van der Waals surface area contributed by atoms with Gasteiger partial charge in [-0.2, -0.15) is 13.2 Å². The van der Waals surface area contributed by atoms with Gasteiger partial charge in [0, 0.05) is 12.5 Å². The SMILES string of the molecule is CCC[C@@]1(C(F)(F)F)CCCN1C(=O)[C@@H]1CC=CCC1. The zero-order chi connectivity index (χ0) is 14.8. The molecule has 0 bridgehead atoms. The molecule has 0 aromatic rings. The summed E-state index contributed by atoms with van der Waals surface area (Å²) in [6.45, 7) is 2.00. The van der Waals surface area contributed by atoms with Crippen molar-refractivity contribution in [2.75, 3.05) is 6.54 Å². The van der Waals surface area contributed by atoms with E-state index in [1.54, 1.807) is 6.92 Å². The predicted molar refractivity (Wildman–Crippen MR) is 71.1 cm³/mol. The molecule has 114 valence electrons. The maximum Gasteiger partial charge on any atom is 0.411 e. The fourth-order valence-corrected chi connectivity index (χ4v) is 3.55. The van der Waals surface area contributed by atoms with Crippen LogP contribution in [0.4, 0.5) is 13.2 Å². The van der Waals surface area contributed by atoms with Crippen molar-refractivity contribution in [2.45, 2.75) is 63.6 Å². The van der Waals surface area contributed by atoms with Crippen LogP contribution in [0.25, 0.3) is 0 Å². The van der Waals surface area contributed by atoms with Crippen LogP contribution in [0.15, 0.2) is 12.2 Å². The summed E-state index contributed by atoms with van der Waals surface area (Å²) in [6.07, 6.45) is 2.58. The molecule has 1 aliphatic heterocycles. The Bertz CT molecular complexity index is 391. The second-order valence-corrected chi connectivity index (χ2v) is 5.85.